The van der Waals surface area contributed by atoms with Crippen molar-refractivity contribution in [2.24, 2.45) is 23.5 Å². The first-order valence-electron chi connectivity index (χ1n) is 11.9. The van der Waals surface area contributed by atoms with E-state index in [-0.39, 0.29) is 55.9 Å². The summed E-state index contributed by atoms with van der Waals surface area (Å²) in [7, 11) is 0. The van der Waals surface area contributed by atoms with Crippen molar-refractivity contribution in [3.63, 3.8) is 0 Å². The number of alkyl halides is 4. The second-order valence-electron chi connectivity index (χ2n) is 10.3. The van der Waals surface area contributed by atoms with Crippen molar-refractivity contribution in [1.29, 1.82) is 0 Å². The highest BCUT2D eigenvalue weighted by atomic mass is 19.3. The fourth-order valence-electron chi connectivity index (χ4n) is 5.37. The number of imidazole rings is 1. The van der Waals surface area contributed by atoms with Crippen LogP contribution in [0, 0.1) is 17.8 Å². The lowest BCUT2D eigenvalue weighted by Gasteiger charge is -2.34. The Labute approximate surface area is 189 Å². The molecule has 33 heavy (non-hydrogen) atoms. The molecule has 1 unspecified atom stereocenters. The molecule has 1 aromatic carbocycles. The number of nitrogens with one attached hydrogen (secondary N) is 2. The molecule has 2 aromatic rings. The highest BCUT2D eigenvalue weighted by molar-refractivity contribution is 5.78. The van der Waals surface area contributed by atoms with Crippen molar-refractivity contribution >= 4 is 16.9 Å². The normalized spacial score (nSPS) is 24.9. The van der Waals surface area contributed by atoms with E-state index in [0.717, 1.165) is 29.4 Å². The number of carbonyl (C=O) groups is 1. The van der Waals surface area contributed by atoms with Crippen LogP contribution in [0.1, 0.15) is 81.3 Å². The lowest BCUT2D eigenvalue weighted by molar-refractivity contribution is -0.134. The van der Waals surface area contributed by atoms with Crippen LogP contribution in [0.25, 0.3) is 11.0 Å². The van der Waals surface area contributed by atoms with Crippen LogP contribution in [0.2, 0.25) is 0 Å². The van der Waals surface area contributed by atoms with Gasteiger partial charge < -0.3 is 16.0 Å². The standard InChI is InChI=1S/C24H30F4N4O/c25-23(26)7-5-14(6-8-23)20(29)22-30-17-4-3-16(10-18(17)31-22)21(15-1-2-15)32-19(33)9-13-11-24(27,28)12-13/h3-4,10,13-15,20-21H,1-2,5-9,11-12,29H2,(H,30,31)(H,32,33)/t20?,21-/m0/s1. The van der Waals surface area contributed by atoms with Gasteiger partial charge >= 0.3 is 0 Å². The number of amides is 1. The molecule has 5 rings (SSSR count). The Hall–Kier alpha value is -2.16. The molecular formula is C24H30F4N4O. The van der Waals surface area contributed by atoms with Gasteiger partial charge in [-0.15, -0.1) is 0 Å². The summed E-state index contributed by atoms with van der Waals surface area (Å²) < 4.78 is 53.1. The summed E-state index contributed by atoms with van der Waals surface area (Å²) >= 11 is 0. The molecule has 3 aliphatic rings. The van der Waals surface area contributed by atoms with Gasteiger partial charge in [0.05, 0.1) is 23.1 Å². The summed E-state index contributed by atoms with van der Waals surface area (Å²) in [5, 5.41) is 3.06. The number of fused-ring (bicyclic) bond motifs is 1. The van der Waals surface area contributed by atoms with Crippen molar-refractivity contribution < 1.29 is 22.4 Å². The van der Waals surface area contributed by atoms with Crippen molar-refractivity contribution in [2.75, 3.05) is 0 Å². The molecule has 2 atom stereocenters. The zero-order valence-electron chi connectivity index (χ0n) is 18.4. The average Bonchev–Trinajstić information content (AvgIpc) is 3.48. The maximum absolute atomic E-state index is 13.5. The van der Waals surface area contributed by atoms with Crippen molar-refractivity contribution in [1.82, 2.24) is 15.3 Å². The van der Waals surface area contributed by atoms with Crippen LogP contribution < -0.4 is 11.1 Å². The van der Waals surface area contributed by atoms with Gasteiger partial charge in [-0.3, -0.25) is 4.79 Å². The Kier molecular flexibility index (Phi) is 5.66. The Morgan fingerprint density at radius 2 is 1.79 bits per heavy atom. The fraction of sp³-hybridized carbons (Fsp3) is 0.667. The molecule has 0 aliphatic heterocycles. The molecule has 3 fully saturated rings. The van der Waals surface area contributed by atoms with E-state index in [1.54, 1.807) is 0 Å². The predicted octanol–water partition coefficient (Wildman–Crippen LogP) is 5.39. The number of halogens is 4. The zero-order valence-corrected chi connectivity index (χ0v) is 18.4. The molecule has 0 spiro atoms. The molecule has 0 radical (unpaired) electrons. The van der Waals surface area contributed by atoms with Crippen molar-refractivity contribution in [2.45, 2.75) is 81.7 Å². The molecule has 1 aromatic heterocycles. The van der Waals surface area contributed by atoms with Gasteiger partial charge in [-0.25, -0.2) is 22.5 Å². The number of carbonyl (C=O) groups excluding carboxylic acids is 1. The smallest absolute Gasteiger partial charge is 0.248 e. The number of hydrogen-bond donors (Lipinski definition) is 3. The number of hydrogen-bond acceptors (Lipinski definition) is 3. The topological polar surface area (TPSA) is 83.8 Å². The average molecular weight is 467 g/mol. The molecule has 9 heteroatoms. The van der Waals surface area contributed by atoms with E-state index in [4.69, 9.17) is 5.73 Å². The first kappa shape index (κ1) is 22.6. The van der Waals surface area contributed by atoms with Crippen molar-refractivity contribution in [3.05, 3.63) is 29.6 Å². The number of aromatic nitrogens is 2. The summed E-state index contributed by atoms with van der Waals surface area (Å²) in [5.41, 5.74) is 8.85. The molecule has 180 valence electrons. The van der Waals surface area contributed by atoms with Gasteiger partial charge in [-0.1, -0.05) is 6.07 Å². The SMILES string of the molecule is NC(c1nc2ccc([C@@H](NC(=O)CC3CC(F)(F)C3)C3CC3)cc2[nH]1)C1CCC(F)(F)CC1. The van der Waals surface area contributed by atoms with E-state index in [1.165, 1.54) is 0 Å². The van der Waals surface area contributed by atoms with E-state index >= 15 is 0 Å². The monoisotopic (exact) mass is 466 g/mol. The molecule has 0 saturated heterocycles. The largest absolute Gasteiger partial charge is 0.349 e. The first-order valence-corrected chi connectivity index (χ1v) is 11.9. The minimum atomic E-state index is -2.62. The second kappa shape index (κ2) is 8.25. The minimum Gasteiger partial charge on any atom is -0.349 e. The number of nitrogens with two attached hydrogens (primary N) is 1. The summed E-state index contributed by atoms with van der Waals surface area (Å²) in [4.78, 5) is 20.4. The highest BCUT2D eigenvalue weighted by Crippen LogP contribution is 2.45. The zero-order chi connectivity index (χ0) is 23.4. The van der Waals surface area contributed by atoms with Crippen molar-refractivity contribution in [3.8, 4) is 0 Å². The van der Waals surface area contributed by atoms with E-state index in [1.807, 2.05) is 18.2 Å². The molecule has 5 nitrogen and oxygen atoms in total. The van der Waals surface area contributed by atoms with Crippen LogP contribution in [-0.2, 0) is 4.79 Å². The summed E-state index contributed by atoms with van der Waals surface area (Å²) in [6, 6.07) is 5.16. The van der Waals surface area contributed by atoms with Crippen LogP contribution in [0.15, 0.2) is 18.2 Å². The molecule has 0 bridgehead atoms. The second-order valence-corrected chi connectivity index (χ2v) is 10.3. The quantitative estimate of drug-likeness (QED) is 0.479. The van der Waals surface area contributed by atoms with Crippen LogP contribution in [0.3, 0.4) is 0 Å². The maximum atomic E-state index is 13.5. The Bertz CT molecular complexity index is 1020. The lowest BCUT2D eigenvalue weighted by atomic mass is 9.79. The van der Waals surface area contributed by atoms with Crippen LogP contribution >= 0.6 is 0 Å². The first-order chi connectivity index (χ1) is 15.6. The van der Waals surface area contributed by atoms with Crippen LogP contribution in [-0.4, -0.2) is 27.7 Å². The van der Waals surface area contributed by atoms with Gasteiger partial charge in [0.1, 0.15) is 5.82 Å². The van der Waals surface area contributed by atoms with Gasteiger partial charge in [-0.2, -0.15) is 0 Å². The summed E-state index contributed by atoms with van der Waals surface area (Å²) in [6.45, 7) is 0. The third kappa shape index (κ3) is 5.03. The van der Waals surface area contributed by atoms with Gasteiger partial charge in [0.2, 0.25) is 17.8 Å². The number of aromatic amines is 1. The highest BCUT2D eigenvalue weighted by Gasteiger charge is 2.46. The van der Waals surface area contributed by atoms with Gasteiger partial charge in [0, 0.05) is 32.1 Å². The molecular weight excluding hydrogens is 436 g/mol. The molecule has 3 saturated carbocycles. The number of nitrogens with zero attached hydrogens (tertiary/aromatic N) is 1. The fourth-order valence-corrected chi connectivity index (χ4v) is 5.37. The molecule has 4 N–H and O–H groups in total. The lowest BCUT2D eigenvalue weighted by Crippen LogP contribution is -2.39. The van der Waals surface area contributed by atoms with Gasteiger partial charge in [0.25, 0.3) is 0 Å². The third-order valence-electron chi connectivity index (χ3n) is 7.53. The number of rotatable bonds is 7. The van der Waals surface area contributed by atoms with Crippen LogP contribution in [0.5, 0.6) is 0 Å². The van der Waals surface area contributed by atoms with E-state index in [0.29, 0.717) is 24.6 Å². The van der Waals surface area contributed by atoms with Gasteiger partial charge in [0.15, 0.2) is 0 Å². The number of benzene rings is 1. The van der Waals surface area contributed by atoms with E-state index in [9.17, 15) is 22.4 Å². The summed E-state index contributed by atoms with van der Waals surface area (Å²) in [5.74, 6) is -4.77. The summed E-state index contributed by atoms with van der Waals surface area (Å²) in [6.07, 6.45) is 2.19. The Morgan fingerprint density at radius 3 is 2.42 bits per heavy atom. The Morgan fingerprint density at radius 1 is 1.09 bits per heavy atom. The van der Waals surface area contributed by atoms with E-state index in [2.05, 4.69) is 15.3 Å². The predicted molar refractivity (Wildman–Crippen MR) is 116 cm³/mol. The maximum Gasteiger partial charge on any atom is 0.248 e. The van der Waals surface area contributed by atoms with E-state index < -0.39 is 17.9 Å². The Balaban J connectivity index is 1.27. The van der Waals surface area contributed by atoms with Crippen LogP contribution in [0.4, 0.5) is 17.6 Å². The molecule has 3 aliphatic carbocycles. The molecule has 1 heterocycles. The third-order valence-corrected chi connectivity index (χ3v) is 7.53. The number of H-pyrrole nitrogens is 1. The minimum absolute atomic E-state index is 0.0398. The van der Waals surface area contributed by atoms with Gasteiger partial charge in [-0.05, 0) is 61.1 Å². The molecule has 1 amide bonds.